The van der Waals surface area contributed by atoms with Gasteiger partial charge in [0.1, 0.15) is 0 Å². The van der Waals surface area contributed by atoms with E-state index in [1.165, 1.54) is 0 Å². The Kier molecular flexibility index (Phi) is 1.89. The van der Waals surface area contributed by atoms with Crippen molar-refractivity contribution in [1.29, 1.82) is 0 Å². The second-order valence-corrected chi connectivity index (χ2v) is 4.24. The summed E-state index contributed by atoms with van der Waals surface area (Å²) < 4.78 is 1.03. The van der Waals surface area contributed by atoms with Gasteiger partial charge in [0.2, 0.25) is 5.69 Å². The summed E-state index contributed by atoms with van der Waals surface area (Å²) in [7, 11) is 0. The zero-order valence-corrected chi connectivity index (χ0v) is 7.21. The molecule has 0 atom stereocenters. The molecule has 1 nitrogen and oxygen atoms in total. The van der Waals surface area contributed by atoms with Gasteiger partial charge in [0, 0.05) is 4.88 Å². The summed E-state index contributed by atoms with van der Waals surface area (Å²) in [6.07, 6.45) is 0. The summed E-state index contributed by atoms with van der Waals surface area (Å²) >= 11 is 4.90. The van der Waals surface area contributed by atoms with Crippen LogP contribution in [0, 0.1) is 13.5 Å². The lowest BCUT2D eigenvalue weighted by atomic mass is 10.4. The molecule has 1 aromatic rings. The fourth-order valence-electron chi connectivity index (χ4n) is 0.548. The summed E-state index contributed by atoms with van der Waals surface area (Å²) in [5.74, 6) is 0. The van der Waals surface area contributed by atoms with Crippen LogP contribution in [-0.4, -0.2) is 0 Å². The molecule has 0 amide bonds. The molecule has 3 heteroatoms. The van der Waals surface area contributed by atoms with Gasteiger partial charge in [0.15, 0.2) is 0 Å². The first-order chi connectivity index (χ1) is 4.24. The van der Waals surface area contributed by atoms with Crippen molar-refractivity contribution in [3.8, 4) is 0 Å². The molecule has 0 bridgehead atoms. The fourth-order valence-corrected chi connectivity index (χ4v) is 2.17. The van der Waals surface area contributed by atoms with Crippen molar-refractivity contribution in [3.63, 3.8) is 0 Å². The van der Waals surface area contributed by atoms with Crippen LogP contribution >= 0.6 is 27.3 Å². The standard InChI is InChI=1S/C6H4BrNS/c1-4-5(8-2)3-6(7)9-4/h3H,1H3. The summed E-state index contributed by atoms with van der Waals surface area (Å²) in [5, 5.41) is 0. The van der Waals surface area contributed by atoms with E-state index in [0.717, 1.165) is 14.4 Å². The van der Waals surface area contributed by atoms with E-state index in [0.29, 0.717) is 0 Å². The SMILES string of the molecule is [C-]#[N+]c1cc(Br)sc1C. The average molecular weight is 202 g/mol. The van der Waals surface area contributed by atoms with Crippen LogP contribution in [0.15, 0.2) is 9.85 Å². The average Bonchev–Trinajstić information content (AvgIpc) is 2.10. The molecule has 0 radical (unpaired) electrons. The van der Waals surface area contributed by atoms with E-state index >= 15 is 0 Å². The minimum Gasteiger partial charge on any atom is -0.237 e. The van der Waals surface area contributed by atoms with Gasteiger partial charge in [0.05, 0.1) is 10.4 Å². The van der Waals surface area contributed by atoms with Gasteiger partial charge in [-0.3, -0.25) is 0 Å². The summed E-state index contributed by atoms with van der Waals surface area (Å²) in [6.45, 7) is 8.66. The van der Waals surface area contributed by atoms with Crippen molar-refractivity contribution in [2.45, 2.75) is 6.92 Å². The largest absolute Gasteiger partial charge is 0.237 e. The first-order valence-corrected chi connectivity index (χ1v) is 3.98. The van der Waals surface area contributed by atoms with Crippen molar-refractivity contribution in [3.05, 3.63) is 26.1 Å². The van der Waals surface area contributed by atoms with Crippen molar-refractivity contribution < 1.29 is 0 Å². The van der Waals surface area contributed by atoms with E-state index in [2.05, 4.69) is 20.8 Å². The van der Waals surface area contributed by atoms with Gasteiger partial charge in [-0.25, -0.2) is 4.85 Å². The molecule has 1 aromatic heterocycles. The predicted molar refractivity (Wildman–Crippen MR) is 43.0 cm³/mol. The van der Waals surface area contributed by atoms with Crippen LogP contribution in [0.25, 0.3) is 4.85 Å². The van der Waals surface area contributed by atoms with Crippen LogP contribution in [0.5, 0.6) is 0 Å². The highest BCUT2D eigenvalue weighted by molar-refractivity contribution is 9.11. The third-order valence-electron chi connectivity index (χ3n) is 0.982. The second-order valence-electron chi connectivity index (χ2n) is 1.60. The maximum Gasteiger partial charge on any atom is 0.201 e. The molecule has 0 aliphatic carbocycles. The van der Waals surface area contributed by atoms with Crippen LogP contribution in [0.4, 0.5) is 5.69 Å². The van der Waals surface area contributed by atoms with Crippen molar-refractivity contribution in [2.24, 2.45) is 0 Å². The molecule has 0 saturated carbocycles. The Balaban J connectivity index is 3.20. The van der Waals surface area contributed by atoms with E-state index in [4.69, 9.17) is 6.57 Å². The molecular weight excluding hydrogens is 198 g/mol. The zero-order chi connectivity index (χ0) is 6.85. The lowest BCUT2D eigenvalue weighted by Gasteiger charge is -1.77. The van der Waals surface area contributed by atoms with Crippen molar-refractivity contribution >= 4 is 33.0 Å². The first-order valence-electron chi connectivity index (χ1n) is 2.37. The Bertz CT molecular complexity index is 259. The molecule has 1 heterocycles. The number of nitrogens with zero attached hydrogens (tertiary/aromatic N) is 1. The van der Waals surface area contributed by atoms with Gasteiger partial charge in [-0.2, -0.15) is 0 Å². The van der Waals surface area contributed by atoms with Gasteiger partial charge in [-0.1, -0.05) is 0 Å². The lowest BCUT2D eigenvalue weighted by molar-refractivity contribution is 1.65. The minimum absolute atomic E-state index is 0.756. The number of hydrogen-bond donors (Lipinski definition) is 0. The van der Waals surface area contributed by atoms with Crippen LogP contribution < -0.4 is 0 Å². The quantitative estimate of drug-likeness (QED) is 0.568. The smallest absolute Gasteiger partial charge is 0.201 e. The predicted octanol–water partition coefficient (Wildman–Crippen LogP) is 3.37. The van der Waals surface area contributed by atoms with E-state index in [1.807, 2.05) is 13.0 Å². The third kappa shape index (κ3) is 1.32. The van der Waals surface area contributed by atoms with Gasteiger partial charge in [0.25, 0.3) is 0 Å². The molecular formula is C6H4BrNS. The van der Waals surface area contributed by atoms with E-state index in [9.17, 15) is 0 Å². The van der Waals surface area contributed by atoms with Gasteiger partial charge in [-0.15, -0.1) is 11.3 Å². The zero-order valence-electron chi connectivity index (χ0n) is 4.81. The molecule has 0 aromatic carbocycles. The van der Waals surface area contributed by atoms with Crippen molar-refractivity contribution in [2.75, 3.05) is 0 Å². The second kappa shape index (κ2) is 2.51. The van der Waals surface area contributed by atoms with Crippen LogP contribution in [-0.2, 0) is 0 Å². The minimum atomic E-state index is 0.756. The highest BCUT2D eigenvalue weighted by atomic mass is 79.9. The molecule has 46 valence electrons. The maximum atomic E-state index is 6.71. The highest BCUT2D eigenvalue weighted by Gasteiger charge is 2.00. The molecule has 0 spiro atoms. The van der Waals surface area contributed by atoms with E-state index in [-0.39, 0.29) is 0 Å². The Labute approximate surface area is 66.3 Å². The Morgan fingerprint density at radius 1 is 1.78 bits per heavy atom. The number of halogens is 1. The molecule has 0 fully saturated rings. The Morgan fingerprint density at radius 2 is 2.44 bits per heavy atom. The third-order valence-corrected chi connectivity index (χ3v) is 2.52. The molecule has 9 heavy (non-hydrogen) atoms. The lowest BCUT2D eigenvalue weighted by Crippen LogP contribution is -1.51. The van der Waals surface area contributed by atoms with E-state index in [1.54, 1.807) is 11.3 Å². The van der Waals surface area contributed by atoms with Gasteiger partial charge in [-0.05, 0) is 28.9 Å². The Hall–Kier alpha value is -0.330. The number of aryl methyl sites for hydroxylation is 1. The summed E-state index contributed by atoms with van der Waals surface area (Å²) in [4.78, 5) is 4.40. The summed E-state index contributed by atoms with van der Waals surface area (Å²) in [6, 6.07) is 1.84. The summed E-state index contributed by atoms with van der Waals surface area (Å²) in [5.41, 5.74) is 0.756. The van der Waals surface area contributed by atoms with Gasteiger partial charge >= 0.3 is 0 Å². The number of thiophene rings is 1. The Morgan fingerprint density at radius 3 is 2.67 bits per heavy atom. The van der Waals surface area contributed by atoms with Crippen molar-refractivity contribution in [1.82, 2.24) is 0 Å². The van der Waals surface area contributed by atoms with Crippen LogP contribution in [0.1, 0.15) is 4.88 Å². The molecule has 0 N–H and O–H groups in total. The normalized spacial score (nSPS) is 9.00. The topological polar surface area (TPSA) is 4.36 Å². The number of hydrogen-bond acceptors (Lipinski definition) is 1. The molecule has 0 aliphatic heterocycles. The molecule has 0 unspecified atom stereocenters. The monoisotopic (exact) mass is 201 g/mol. The van der Waals surface area contributed by atoms with E-state index < -0.39 is 0 Å². The van der Waals surface area contributed by atoms with Crippen LogP contribution in [0.2, 0.25) is 0 Å². The first kappa shape index (κ1) is 6.79. The molecule has 0 saturated heterocycles. The number of rotatable bonds is 0. The molecule has 1 rings (SSSR count). The highest BCUT2D eigenvalue weighted by Crippen LogP contribution is 2.31. The van der Waals surface area contributed by atoms with Crippen LogP contribution in [0.3, 0.4) is 0 Å². The van der Waals surface area contributed by atoms with Gasteiger partial charge < -0.3 is 0 Å². The fraction of sp³-hybridized carbons (Fsp3) is 0.167. The molecule has 0 aliphatic rings. The maximum absolute atomic E-state index is 6.71.